The van der Waals surface area contributed by atoms with E-state index in [0.717, 1.165) is 31.1 Å². The number of fused-ring (bicyclic) bond motifs is 1. The van der Waals surface area contributed by atoms with E-state index in [1.165, 1.54) is 17.5 Å². The Labute approximate surface area is 109 Å². The van der Waals surface area contributed by atoms with Crippen LogP contribution in [0.2, 0.25) is 0 Å². The number of carbonyl (C=O) groups excluding carboxylic acids is 1. The van der Waals surface area contributed by atoms with Gasteiger partial charge in [-0.1, -0.05) is 31.2 Å². The molecule has 2 fully saturated rings. The highest BCUT2D eigenvalue weighted by molar-refractivity contribution is 5.79. The van der Waals surface area contributed by atoms with Crippen LogP contribution in [-0.2, 0) is 17.8 Å². The fourth-order valence-corrected chi connectivity index (χ4v) is 3.33. The lowest BCUT2D eigenvalue weighted by molar-refractivity contribution is -0.125. The van der Waals surface area contributed by atoms with E-state index in [0.29, 0.717) is 12.5 Å². The zero-order valence-electron chi connectivity index (χ0n) is 11.0. The van der Waals surface area contributed by atoms with Crippen molar-refractivity contribution in [2.45, 2.75) is 39.2 Å². The molecule has 18 heavy (non-hydrogen) atoms. The van der Waals surface area contributed by atoms with Crippen LogP contribution < -0.4 is 5.32 Å². The van der Waals surface area contributed by atoms with Gasteiger partial charge < -0.3 is 5.32 Å². The molecule has 2 heteroatoms. The van der Waals surface area contributed by atoms with Crippen molar-refractivity contribution in [1.29, 1.82) is 0 Å². The minimum absolute atomic E-state index is 0.271. The fourth-order valence-electron chi connectivity index (χ4n) is 3.33. The van der Waals surface area contributed by atoms with Crippen molar-refractivity contribution in [1.82, 2.24) is 5.32 Å². The minimum Gasteiger partial charge on any atom is -0.352 e. The van der Waals surface area contributed by atoms with E-state index in [1.807, 2.05) is 6.07 Å². The summed E-state index contributed by atoms with van der Waals surface area (Å²) in [5, 5.41) is 3.12. The smallest absolute Gasteiger partial charge is 0.223 e. The lowest BCUT2D eigenvalue weighted by atomic mass is 10.0. The van der Waals surface area contributed by atoms with Gasteiger partial charge in [-0.25, -0.2) is 0 Å². The predicted octanol–water partition coefficient (Wildman–Crippen LogP) is 2.91. The molecular weight excluding hydrogens is 222 g/mol. The molecule has 96 valence electrons. The first-order valence-electron chi connectivity index (χ1n) is 7.12. The second-order valence-electron chi connectivity index (χ2n) is 5.76. The summed E-state index contributed by atoms with van der Waals surface area (Å²) in [5.41, 5.74) is 2.60. The first-order valence-corrected chi connectivity index (χ1v) is 7.12. The van der Waals surface area contributed by atoms with E-state index >= 15 is 0 Å². The van der Waals surface area contributed by atoms with Crippen molar-refractivity contribution in [3.63, 3.8) is 0 Å². The van der Waals surface area contributed by atoms with Gasteiger partial charge in [0.2, 0.25) is 5.91 Å². The number of hydrogen-bond acceptors (Lipinski definition) is 1. The molecular formula is C16H21NO. The van der Waals surface area contributed by atoms with Crippen LogP contribution in [0.4, 0.5) is 0 Å². The topological polar surface area (TPSA) is 29.1 Å². The fraction of sp³-hybridized carbons (Fsp3) is 0.562. The maximum absolute atomic E-state index is 12.1. The Hall–Kier alpha value is -1.31. The number of amides is 1. The van der Waals surface area contributed by atoms with E-state index < -0.39 is 0 Å². The molecule has 0 aromatic heterocycles. The Morgan fingerprint density at radius 1 is 1.17 bits per heavy atom. The third-order valence-electron chi connectivity index (χ3n) is 4.57. The van der Waals surface area contributed by atoms with Gasteiger partial charge in [-0.2, -0.15) is 0 Å². The van der Waals surface area contributed by atoms with E-state index in [2.05, 4.69) is 30.4 Å². The van der Waals surface area contributed by atoms with Crippen LogP contribution in [0.15, 0.2) is 24.3 Å². The van der Waals surface area contributed by atoms with Crippen molar-refractivity contribution in [3.8, 4) is 0 Å². The average molecular weight is 243 g/mol. The Kier molecular flexibility index (Phi) is 3.11. The number of nitrogens with one attached hydrogen (secondary N) is 1. The SMILES string of the molecule is CCc1ccccc1CNC(=O)C1CC2CC2C1. The van der Waals surface area contributed by atoms with Crippen LogP contribution in [-0.4, -0.2) is 5.91 Å². The summed E-state index contributed by atoms with van der Waals surface area (Å²) in [6, 6.07) is 8.37. The third-order valence-corrected chi connectivity index (χ3v) is 4.57. The molecule has 1 amide bonds. The Bertz CT molecular complexity index is 444. The lowest BCUT2D eigenvalue weighted by Gasteiger charge is -2.13. The summed E-state index contributed by atoms with van der Waals surface area (Å²) in [7, 11) is 0. The van der Waals surface area contributed by atoms with Crippen LogP contribution in [0, 0.1) is 17.8 Å². The predicted molar refractivity (Wildman–Crippen MR) is 72.0 cm³/mol. The molecule has 2 atom stereocenters. The van der Waals surface area contributed by atoms with Crippen LogP contribution >= 0.6 is 0 Å². The Morgan fingerprint density at radius 2 is 1.83 bits per heavy atom. The average Bonchev–Trinajstić information content (AvgIpc) is 3.02. The van der Waals surface area contributed by atoms with E-state index in [1.54, 1.807) is 0 Å². The molecule has 0 bridgehead atoms. The molecule has 2 aliphatic carbocycles. The Balaban J connectivity index is 1.55. The molecule has 0 spiro atoms. The van der Waals surface area contributed by atoms with Gasteiger partial charge in [0.05, 0.1) is 0 Å². The van der Waals surface area contributed by atoms with Crippen molar-refractivity contribution >= 4 is 5.91 Å². The van der Waals surface area contributed by atoms with Crippen molar-refractivity contribution in [3.05, 3.63) is 35.4 Å². The van der Waals surface area contributed by atoms with E-state index in [4.69, 9.17) is 0 Å². The van der Waals surface area contributed by atoms with Crippen molar-refractivity contribution in [2.75, 3.05) is 0 Å². The molecule has 2 aliphatic rings. The number of benzene rings is 1. The highest BCUT2D eigenvalue weighted by Crippen LogP contribution is 2.54. The normalized spacial score (nSPS) is 28.8. The van der Waals surface area contributed by atoms with E-state index in [-0.39, 0.29) is 5.91 Å². The number of hydrogen-bond donors (Lipinski definition) is 1. The third kappa shape index (κ3) is 2.29. The largest absolute Gasteiger partial charge is 0.352 e. The minimum atomic E-state index is 0.271. The Morgan fingerprint density at radius 3 is 2.50 bits per heavy atom. The van der Waals surface area contributed by atoms with Gasteiger partial charge in [0.1, 0.15) is 0 Å². The molecule has 1 aromatic rings. The molecule has 1 N–H and O–H groups in total. The first kappa shape index (κ1) is 11.8. The van der Waals surface area contributed by atoms with Crippen LogP contribution in [0.5, 0.6) is 0 Å². The summed E-state index contributed by atoms with van der Waals surface area (Å²) in [6.45, 7) is 2.85. The number of carbonyl (C=O) groups is 1. The first-order chi connectivity index (χ1) is 8.78. The van der Waals surface area contributed by atoms with Gasteiger partial charge in [-0.05, 0) is 48.6 Å². The van der Waals surface area contributed by atoms with E-state index in [9.17, 15) is 4.79 Å². The van der Waals surface area contributed by atoms with Gasteiger partial charge in [0.15, 0.2) is 0 Å². The van der Waals surface area contributed by atoms with Crippen LogP contribution in [0.1, 0.15) is 37.3 Å². The van der Waals surface area contributed by atoms with Gasteiger partial charge in [0, 0.05) is 12.5 Å². The molecule has 2 nitrogen and oxygen atoms in total. The molecule has 3 rings (SSSR count). The lowest BCUT2D eigenvalue weighted by Crippen LogP contribution is -2.29. The van der Waals surface area contributed by atoms with Gasteiger partial charge in [-0.3, -0.25) is 4.79 Å². The summed E-state index contributed by atoms with van der Waals surface area (Å²) in [4.78, 5) is 12.1. The summed E-state index contributed by atoms with van der Waals surface area (Å²) >= 11 is 0. The second-order valence-corrected chi connectivity index (χ2v) is 5.76. The van der Waals surface area contributed by atoms with Gasteiger partial charge >= 0.3 is 0 Å². The monoisotopic (exact) mass is 243 g/mol. The molecule has 2 unspecified atom stereocenters. The van der Waals surface area contributed by atoms with Crippen LogP contribution in [0.3, 0.4) is 0 Å². The second kappa shape index (κ2) is 4.75. The zero-order valence-corrected chi connectivity index (χ0v) is 11.0. The maximum Gasteiger partial charge on any atom is 0.223 e. The highest BCUT2D eigenvalue weighted by Gasteiger charge is 2.47. The summed E-state index contributed by atoms with van der Waals surface area (Å²) in [5.74, 6) is 2.32. The van der Waals surface area contributed by atoms with Crippen molar-refractivity contribution < 1.29 is 4.79 Å². The summed E-state index contributed by atoms with van der Waals surface area (Å²) in [6.07, 6.45) is 4.67. The van der Waals surface area contributed by atoms with Crippen LogP contribution in [0.25, 0.3) is 0 Å². The molecule has 2 saturated carbocycles. The standard InChI is InChI=1S/C16H21NO/c1-2-11-5-3-4-6-12(11)10-17-16(18)15-8-13-7-14(13)9-15/h3-6,13-15H,2,7-10H2,1H3,(H,17,18). The van der Waals surface area contributed by atoms with Crippen molar-refractivity contribution in [2.24, 2.45) is 17.8 Å². The zero-order chi connectivity index (χ0) is 12.5. The summed E-state index contributed by atoms with van der Waals surface area (Å²) < 4.78 is 0. The molecule has 1 aromatic carbocycles. The van der Waals surface area contributed by atoms with Gasteiger partial charge in [0.25, 0.3) is 0 Å². The van der Waals surface area contributed by atoms with Gasteiger partial charge in [-0.15, -0.1) is 0 Å². The highest BCUT2D eigenvalue weighted by atomic mass is 16.1. The quantitative estimate of drug-likeness (QED) is 0.865. The number of aryl methyl sites for hydroxylation is 1. The molecule has 0 aliphatic heterocycles. The molecule has 0 heterocycles. The maximum atomic E-state index is 12.1. The molecule has 0 radical (unpaired) electrons. The molecule has 0 saturated heterocycles. The number of rotatable bonds is 4.